The molecule has 11 N–H and O–H groups in total. The van der Waals surface area contributed by atoms with Crippen LogP contribution in [0.2, 0.25) is 0 Å². The van der Waals surface area contributed by atoms with Gasteiger partial charge in [0.1, 0.15) is 23.4 Å². The normalized spacial score (nSPS) is 17.3. The van der Waals surface area contributed by atoms with Crippen molar-refractivity contribution in [3.63, 3.8) is 0 Å². The summed E-state index contributed by atoms with van der Waals surface area (Å²) in [6.07, 6.45) is -2.39. The summed E-state index contributed by atoms with van der Waals surface area (Å²) in [7, 11) is 0. The third-order valence-corrected chi connectivity index (χ3v) is 6.92. The lowest BCUT2D eigenvalue weighted by molar-refractivity contribution is -0.222. The first kappa shape index (κ1) is 29.3. The zero-order valence-corrected chi connectivity index (χ0v) is 22.0. The first-order chi connectivity index (χ1) is 20.6. The number of aliphatic hydroxyl groups excluding tert-OH is 1. The van der Waals surface area contributed by atoms with E-state index in [4.69, 9.17) is 9.47 Å². The summed E-state index contributed by atoms with van der Waals surface area (Å²) >= 11 is 0. The Morgan fingerprint density at radius 3 is 1.98 bits per heavy atom. The van der Waals surface area contributed by atoms with Crippen LogP contribution in [0.5, 0.6) is 63.2 Å². The van der Waals surface area contributed by atoms with E-state index in [2.05, 4.69) is 0 Å². The highest BCUT2D eigenvalue weighted by atomic mass is 16.7. The Bertz CT molecular complexity index is 1840. The van der Waals surface area contributed by atoms with Crippen molar-refractivity contribution in [3.8, 4) is 63.2 Å². The number of phenolic OH excluding ortho intramolecular Hbond substituents is 10. The number of carbonyl (C=O) groups excluding carboxylic acids is 2. The molecule has 1 heterocycles. The van der Waals surface area contributed by atoms with Gasteiger partial charge in [-0.25, -0.2) is 4.79 Å². The van der Waals surface area contributed by atoms with Crippen LogP contribution in [0.3, 0.4) is 0 Å². The second-order valence-electron chi connectivity index (χ2n) is 9.73. The van der Waals surface area contributed by atoms with E-state index in [-0.39, 0.29) is 16.9 Å². The number of aliphatic hydroxyl groups is 1. The molecule has 44 heavy (non-hydrogen) atoms. The standard InChI is InChI=1S/C29H22O15/c30-12-6-16(32)13-9-22(37)29(43-21(13)7-12,11-1-2-15(31)17(33)5-11)44-28(42)14-8-20(36)26(40)27(41)23(14)24(38)10-3-18(34)25(39)19(35)4-10/h1-8,22,30-37,39-41H,9H2/t22-,29?/m1/s1. The van der Waals surface area contributed by atoms with Crippen molar-refractivity contribution in [2.45, 2.75) is 18.3 Å². The smallest absolute Gasteiger partial charge is 0.342 e. The summed E-state index contributed by atoms with van der Waals surface area (Å²) < 4.78 is 11.4. The number of carbonyl (C=O) groups is 2. The molecule has 0 amide bonds. The Kier molecular flexibility index (Phi) is 6.82. The van der Waals surface area contributed by atoms with Gasteiger partial charge in [0.2, 0.25) is 5.75 Å². The van der Waals surface area contributed by atoms with Crippen LogP contribution in [-0.2, 0) is 16.9 Å². The van der Waals surface area contributed by atoms with Crippen LogP contribution >= 0.6 is 0 Å². The fraction of sp³-hybridized carbons (Fsp3) is 0.103. The van der Waals surface area contributed by atoms with E-state index >= 15 is 0 Å². The third-order valence-electron chi connectivity index (χ3n) is 6.92. The Morgan fingerprint density at radius 2 is 1.34 bits per heavy atom. The molecule has 1 aliphatic rings. The second kappa shape index (κ2) is 10.2. The number of rotatable bonds is 5. The highest BCUT2D eigenvalue weighted by molar-refractivity contribution is 6.17. The van der Waals surface area contributed by atoms with Crippen molar-refractivity contribution >= 4 is 11.8 Å². The van der Waals surface area contributed by atoms with Crippen molar-refractivity contribution in [2.75, 3.05) is 0 Å². The molecule has 2 atom stereocenters. The summed E-state index contributed by atoms with van der Waals surface area (Å²) in [4.78, 5) is 27.2. The van der Waals surface area contributed by atoms with E-state index in [0.717, 1.165) is 30.3 Å². The maximum absolute atomic E-state index is 13.8. The molecule has 0 spiro atoms. The van der Waals surface area contributed by atoms with E-state index in [1.54, 1.807) is 0 Å². The number of aromatic hydroxyl groups is 10. The van der Waals surface area contributed by atoms with Crippen molar-refractivity contribution in [1.82, 2.24) is 0 Å². The molecule has 4 aromatic carbocycles. The SMILES string of the molecule is O=C(OC1(c2ccc(O)c(O)c2)Oc2cc(O)cc(O)c2C[C@H]1O)c1cc(O)c(O)c(O)c1C(=O)c1cc(O)c(O)c(O)c1. The van der Waals surface area contributed by atoms with Gasteiger partial charge < -0.3 is 65.6 Å². The summed E-state index contributed by atoms with van der Waals surface area (Å²) in [5.41, 5.74) is -2.92. The quantitative estimate of drug-likeness (QED) is 0.0875. The van der Waals surface area contributed by atoms with Crippen LogP contribution in [0.1, 0.15) is 37.4 Å². The predicted molar refractivity (Wildman–Crippen MR) is 143 cm³/mol. The van der Waals surface area contributed by atoms with Gasteiger partial charge in [0.05, 0.1) is 11.1 Å². The number of ether oxygens (including phenoxy) is 2. The van der Waals surface area contributed by atoms with E-state index in [9.17, 15) is 65.8 Å². The molecule has 15 heteroatoms. The minimum atomic E-state index is -2.66. The van der Waals surface area contributed by atoms with Crippen LogP contribution in [0, 0.1) is 0 Å². The third kappa shape index (κ3) is 4.62. The van der Waals surface area contributed by atoms with E-state index < -0.39 is 104 Å². The number of benzene rings is 4. The zero-order chi connectivity index (χ0) is 32.2. The fourth-order valence-corrected chi connectivity index (χ4v) is 4.72. The Balaban J connectivity index is 1.68. The monoisotopic (exact) mass is 610 g/mol. The number of hydrogen-bond donors (Lipinski definition) is 11. The molecule has 0 saturated carbocycles. The van der Waals surface area contributed by atoms with Crippen LogP contribution in [0.4, 0.5) is 0 Å². The number of ketones is 1. The zero-order valence-electron chi connectivity index (χ0n) is 22.0. The molecule has 0 fully saturated rings. The summed E-state index contributed by atoms with van der Waals surface area (Å²) in [5, 5.41) is 112. The fourth-order valence-electron chi connectivity index (χ4n) is 4.72. The molecule has 1 aliphatic heterocycles. The molecule has 0 saturated heterocycles. The average Bonchev–Trinajstić information content (AvgIpc) is 2.96. The van der Waals surface area contributed by atoms with Gasteiger partial charge in [-0.3, -0.25) is 4.79 Å². The summed E-state index contributed by atoms with van der Waals surface area (Å²) in [5.74, 6) is -14.8. The van der Waals surface area contributed by atoms with Crippen molar-refractivity contribution in [1.29, 1.82) is 0 Å². The molecule has 15 nitrogen and oxygen atoms in total. The molecular formula is C29H22O15. The lowest BCUT2D eigenvalue weighted by Gasteiger charge is -2.41. The lowest BCUT2D eigenvalue weighted by Crippen LogP contribution is -2.52. The minimum absolute atomic E-state index is 0.0206. The van der Waals surface area contributed by atoms with Gasteiger partial charge in [-0.2, -0.15) is 0 Å². The molecule has 0 aliphatic carbocycles. The molecule has 0 bridgehead atoms. The van der Waals surface area contributed by atoms with Crippen LogP contribution in [0.15, 0.2) is 48.5 Å². The van der Waals surface area contributed by atoms with Crippen molar-refractivity contribution < 1.29 is 75.2 Å². The first-order valence-corrected chi connectivity index (χ1v) is 12.4. The van der Waals surface area contributed by atoms with Gasteiger partial charge in [-0.1, -0.05) is 0 Å². The molecule has 0 radical (unpaired) electrons. The van der Waals surface area contributed by atoms with Crippen molar-refractivity contribution in [2.24, 2.45) is 0 Å². The topological polar surface area (TPSA) is 275 Å². The van der Waals surface area contributed by atoms with E-state index in [0.29, 0.717) is 18.2 Å². The predicted octanol–water partition coefficient (Wildman–Crippen LogP) is 1.98. The molecular weight excluding hydrogens is 588 g/mol. The number of fused-ring (bicyclic) bond motifs is 1. The van der Waals surface area contributed by atoms with Gasteiger partial charge in [0.25, 0.3) is 0 Å². The molecule has 1 unspecified atom stereocenters. The molecule has 228 valence electrons. The summed E-state index contributed by atoms with van der Waals surface area (Å²) in [6.45, 7) is 0. The van der Waals surface area contributed by atoms with Crippen LogP contribution in [0.25, 0.3) is 0 Å². The van der Waals surface area contributed by atoms with Gasteiger partial charge in [-0.15, -0.1) is 0 Å². The summed E-state index contributed by atoms with van der Waals surface area (Å²) in [6, 6.07) is 6.73. The van der Waals surface area contributed by atoms with Gasteiger partial charge in [-0.05, 0) is 36.4 Å². The Morgan fingerprint density at radius 1 is 0.705 bits per heavy atom. The van der Waals surface area contributed by atoms with Gasteiger partial charge in [0, 0.05) is 35.2 Å². The highest BCUT2D eigenvalue weighted by Gasteiger charge is 2.51. The first-order valence-electron chi connectivity index (χ1n) is 12.4. The minimum Gasteiger partial charge on any atom is -0.508 e. The number of esters is 1. The molecule has 4 aromatic rings. The Labute approximate surface area is 245 Å². The maximum atomic E-state index is 13.8. The Hall–Kier alpha value is -6.22. The van der Waals surface area contributed by atoms with Crippen molar-refractivity contribution in [3.05, 3.63) is 76.3 Å². The van der Waals surface area contributed by atoms with Gasteiger partial charge in [0.15, 0.2) is 46.0 Å². The average molecular weight is 610 g/mol. The van der Waals surface area contributed by atoms with E-state index in [1.165, 1.54) is 0 Å². The second-order valence-corrected chi connectivity index (χ2v) is 9.73. The lowest BCUT2D eigenvalue weighted by atomic mass is 9.90. The van der Waals surface area contributed by atoms with E-state index in [1.807, 2.05) is 0 Å². The number of hydrogen-bond acceptors (Lipinski definition) is 15. The highest BCUT2D eigenvalue weighted by Crippen LogP contribution is 2.48. The van der Waals surface area contributed by atoms with Gasteiger partial charge >= 0.3 is 11.8 Å². The molecule has 0 aromatic heterocycles. The number of phenols is 10. The molecule has 5 rings (SSSR count). The largest absolute Gasteiger partial charge is 0.508 e. The maximum Gasteiger partial charge on any atom is 0.342 e. The van der Waals surface area contributed by atoms with Crippen LogP contribution in [-0.4, -0.2) is 74.0 Å². The van der Waals surface area contributed by atoms with Crippen LogP contribution < -0.4 is 4.74 Å².